The second-order valence-corrected chi connectivity index (χ2v) is 4.23. The van der Waals surface area contributed by atoms with Gasteiger partial charge in [-0.25, -0.2) is 0 Å². The number of nitrogens with zero attached hydrogens (tertiary/aromatic N) is 1. The summed E-state index contributed by atoms with van der Waals surface area (Å²) in [7, 11) is 0. The lowest BCUT2D eigenvalue weighted by atomic mass is 10.1. The van der Waals surface area contributed by atoms with Crippen LogP contribution in [0.3, 0.4) is 0 Å². The van der Waals surface area contributed by atoms with Crippen molar-refractivity contribution in [2.24, 2.45) is 0 Å². The lowest BCUT2D eigenvalue weighted by Gasteiger charge is -1.93. The van der Waals surface area contributed by atoms with Gasteiger partial charge in [0.1, 0.15) is 11.6 Å². The van der Waals surface area contributed by atoms with Gasteiger partial charge < -0.3 is 15.1 Å². The Morgan fingerprint density at radius 1 is 1.65 bits per heavy atom. The number of Topliss-reactive ketones (excluding diaryl/α,β-unsaturated/α-hetero) is 1. The van der Waals surface area contributed by atoms with Gasteiger partial charge in [-0.3, -0.25) is 4.79 Å². The number of rotatable bonds is 4. The first-order valence-electron chi connectivity index (χ1n) is 5.49. The number of carbonyl (C=O) groups is 1. The molecule has 17 heavy (non-hydrogen) atoms. The summed E-state index contributed by atoms with van der Waals surface area (Å²) in [4.78, 5) is 11.9. The van der Waals surface area contributed by atoms with Gasteiger partial charge in [0.05, 0.1) is 6.26 Å². The Balaban J connectivity index is 1.73. The first-order valence-corrected chi connectivity index (χ1v) is 5.49. The minimum atomic E-state index is -0.353. The van der Waals surface area contributed by atoms with E-state index in [4.69, 9.17) is 9.68 Å². The third kappa shape index (κ3) is 2.00. The Morgan fingerprint density at radius 3 is 3.06 bits per heavy atom. The highest BCUT2D eigenvalue weighted by Gasteiger charge is 2.46. The molecule has 2 aliphatic rings. The number of carbonyl (C=O) groups excluding carboxylic acids is 1. The molecule has 0 radical (unpaired) electrons. The van der Waals surface area contributed by atoms with Crippen molar-refractivity contribution in [3.05, 3.63) is 35.8 Å². The molecule has 0 amide bonds. The molecule has 86 valence electrons. The van der Waals surface area contributed by atoms with Crippen LogP contribution in [0.5, 0.6) is 0 Å². The molecule has 0 aliphatic carbocycles. The van der Waals surface area contributed by atoms with Crippen LogP contribution in [0, 0.1) is 11.3 Å². The summed E-state index contributed by atoms with van der Waals surface area (Å²) in [6.45, 7) is 1.01. The molecule has 0 saturated carbocycles. The molecule has 3 heterocycles. The third-order valence-corrected chi connectivity index (χ3v) is 2.99. The number of ketones is 1. The summed E-state index contributed by atoms with van der Waals surface area (Å²) in [5.41, 5.74) is 0.139. The van der Waals surface area contributed by atoms with E-state index in [2.05, 4.69) is 10.6 Å². The summed E-state index contributed by atoms with van der Waals surface area (Å²) in [6, 6.07) is 6.12. The molecular weight excluding hydrogens is 218 g/mol. The van der Waals surface area contributed by atoms with E-state index in [1.165, 1.54) is 6.26 Å². The molecule has 0 spiro atoms. The van der Waals surface area contributed by atoms with Crippen molar-refractivity contribution in [2.75, 3.05) is 6.54 Å². The van der Waals surface area contributed by atoms with Crippen LogP contribution in [0.1, 0.15) is 10.6 Å². The van der Waals surface area contributed by atoms with Crippen molar-refractivity contribution >= 4 is 5.78 Å². The maximum absolute atomic E-state index is 11.9. The van der Waals surface area contributed by atoms with Gasteiger partial charge in [-0.15, -0.1) is 0 Å². The molecule has 3 rings (SSSR count). The third-order valence-electron chi connectivity index (χ3n) is 2.99. The Hall–Kier alpha value is -1.90. The molecule has 2 aliphatic heterocycles. The van der Waals surface area contributed by atoms with Crippen molar-refractivity contribution < 1.29 is 9.21 Å². The van der Waals surface area contributed by atoms with Gasteiger partial charge in [0.2, 0.25) is 5.78 Å². The van der Waals surface area contributed by atoms with E-state index in [1.54, 1.807) is 18.2 Å². The zero-order valence-electron chi connectivity index (χ0n) is 9.01. The first kappa shape index (κ1) is 10.3. The van der Waals surface area contributed by atoms with Crippen LogP contribution in [-0.2, 0) is 0 Å². The number of furan rings is 1. The van der Waals surface area contributed by atoms with Gasteiger partial charge in [-0.05, 0) is 18.2 Å². The van der Waals surface area contributed by atoms with E-state index in [-0.39, 0.29) is 23.2 Å². The summed E-state index contributed by atoms with van der Waals surface area (Å²) < 4.78 is 4.99. The van der Waals surface area contributed by atoms with Crippen LogP contribution < -0.4 is 10.6 Å². The SMILES string of the molecule is N#C/C(=C\C1NC1C1CN1)C(=O)c1ccco1. The Labute approximate surface area is 98.1 Å². The number of nitriles is 1. The molecule has 1 aromatic heterocycles. The fourth-order valence-electron chi connectivity index (χ4n) is 1.89. The van der Waals surface area contributed by atoms with Gasteiger partial charge in [0.15, 0.2) is 5.76 Å². The molecule has 2 N–H and O–H groups in total. The largest absolute Gasteiger partial charge is 0.461 e. The second-order valence-electron chi connectivity index (χ2n) is 4.23. The van der Waals surface area contributed by atoms with Crippen LogP contribution >= 0.6 is 0 Å². The van der Waals surface area contributed by atoms with Gasteiger partial charge >= 0.3 is 0 Å². The van der Waals surface area contributed by atoms with Crippen LogP contribution in [-0.4, -0.2) is 30.5 Å². The second kappa shape index (κ2) is 3.84. The van der Waals surface area contributed by atoms with E-state index >= 15 is 0 Å². The fraction of sp³-hybridized carbons (Fsp3) is 0.333. The maximum atomic E-state index is 11.9. The van der Waals surface area contributed by atoms with Crippen LogP contribution in [0.4, 0.5) is 0 Å². The van der Waals surface area contributed by atoms with E-state index < -0.39 is 0 Å². The van der Waals surface area contributed by atoms with Crippen molar-refractivity contribution in [3.8, 4) is 6.07 Å². The number of hydrogen-bond donors (Lipinski definition) is 2. The zero-order valence-corrected chi connectivity index (χ0v) is 9.01. The van der Waals surface area contributed by atoms with Crippen molar-refractivity contribution in [2.45, 2.75) is 18.1 Å². The van der Waals surface area contributed by atoms with E-state index in [0.717, 1.165) is 6.54 Å². The fourth-order valence-corrected chi connectivity index (χ4v) is 1.89. The summed E-state index contributed by atoms with van der Waals surface area (Å²) in [5.74, 6) is -0.145. The summed E-state index contributed by atoms with van der Waals surface area (Å²) >= 11 is 0. The maximum Gasteiger partial charge on any atom is 0.238 e. The highest BCUT2D eigenvalue weighted by atomic mass is 16.3. The standard InChI is InChI=1S/C12H11N3O2/c13-5-7(12(16)10-2-1-3-17-10)4-8-11(15-8)9-6-14-9/h1-4,8-9,11,14-15H,6H2/b7-4+. The van der Waals surface area contributed by atoms with E-state index in [9.17, 15) is 4.79 Å². The average molecular weight is 229 g/mol. The minimum Gasteiger partial charge on any atom is -0.461 e. The number of nitrogens with one attached hydrogen (secondary N) is 2. The van der Waals surface area contributed by atoms with E-state index in [0.29, 0.717) is 12.1 Å². The van der Waals surface area contributed by atoms with Gasteiger partial charge in [-0.1, -0.05) is 0 Å². The predicted octanol–water partition coefficient (Wildman–Crippen LogP) is 0.224. The molecule has 3 unspecified atom stereocenters. The quantitative estimate of drug-likeness (QED) is 0.333. The van der Waals surface area contributed by atoms with Gasteiger partial charge in [0.25, 0.3) is 0 Å². The molecule has 0 bridgehead atoms. The monoisotopic (exact) mass is 229 g/mol. The Morgan fingerprint density at radius 2 is 2.47 bits per heavy atom. The predicted molar refractivity (Wildman–Crippen MR) is 59.2 cm³/mol. The van der Waals surface area contributed by atoms with Crippen molar-refractivity contribution in [3.63, 3.8) is 0 Å². The summed E-state index contributed by atoms with van der Waals surface area (Å²) in [6.07, 6.45) is 3.12. The molecule has 0 aromatic carbocycles. The van der Waals surface area contributed by atoms with Crippen LogP contribution in [0.15, 0.2) is 34.5 Å². The average Bonchev–Trinajstić information content (AvgIpc) is 3.23. The first-order chi connectivity index (χ1) is 8.29. The lowest BCUT2D eigenvalue weighted by Crippen LogP contribution is -2.06. The van der Waals surface area contributed by atoms with Crippen LogP contribution in [0.2, 0.25) is 0 Å². The Kier molecular flexibility index (Phi) is 2.32. The molecule has 5 nitrogen and oxygen atoms in total. The topological polar surface area (TPSA) is 97.9 Å². The molecule has 1 aromatic rings. The highest BCUT2D eigenvalue weighted by Crippen LogP contribution is 2.23. The zero-order chi connectivity index (χ0) is 11.8. The summed E-state index contributed by atoms with van der Waals surface area (Å²) in [5, 5.41) is 15.4. The minimum absolute atomic E-state index is 0.128. The van der Waals surface area contributed by atoms with Crippen LogP contribution in [0.25, 0.3) is 0 Å². The smallest absolute Gasteiger partial charge is 0.238 e. The normalized spacial score (nSPS) is 30.8. The molecule has 5 heteroatoms. The molecule has 2 fully saturated rings. The number of allylic oxidation sites excluding steroid dienone is 1. The van der Waals surface area contributed by atoms with Crippen molar-refractivity contribution in [1.82, 2.24) is 10.6 Å². The Bertz CT molecular complexity index is 508. The van der Waals surface area contributed by atoms with Gasteiger partial charge in [-0.2, -0.15) is 5.26 Å². The molecular formula is C12H11N3O2. The van der Waals surface area contributed by atoms with Crippen molar-refractivity contribution in [1.29, 1.82) is 5.26 Å². The van der Waals surface area contributed by atoms with E-state index in [1.807, 2.05) is 6.07 Å². The molecule has 3 atom stereocenters. The number of hydrogen-bond acceptors (Lipinski definition) is 5. The van der Waals surface area contributed by atoms with Gasteiger partial charge in [0, 0.05) is 24.7 Å². The highest BCUT2D eigenvalue weighted by molar-refractivity contribution is 6.09. The molecule has 2 saturated heterocycles. The lowest BCUT2D eigenvalue weighted by molar-refractivity contribution is 0.101.